The Kier molecular flexibility index (Phi) is 6.97. The summed E-state index contributed by atoms with van der Waals surface area (Å²) >= 11 is 5.74. The van der Waals surface area contributed by atoms with Gasteiger partial charge < -0.3 is 4.90 Å². The number of hydrogen-bond acceptors (Lipinski definition) is 5. The highest BCUT2D eigenvalue weighted by molar-refractivity contribution is 7.89. The van der Waals surface area contributed by atoms with Gasteiger partial charge in [-0.1, -0.05) is 24.4 Å². The van der Waals surface area contributed by atoms with Gasteiger partial charge in [0.1, 0.15) is 10.0 Å². The number of sulfonamides is 1. The second-order valence-electron chi connectivity index (χ2n) is 8.79. The zero-order valence-electron chi connectivity index (χ0n) is 17.3. The number of aromatic nitrogens is 1. The van der Waals surface area contributed by atoms with Gasteiger partial charge in [-0.15, -0.1) is 0 Å². The summed E-state index contributed by atoms with van der Waals surface area (Å²) in [6.45, 7) is 3.62. The summed E-state index contributed by atoms with van der Waals surface area (Å²) in [4.78, 5) is 21.5. The smallest absolute Gasteiger partial charge is 0.242 e. The first-order valence-corrected chi connectivity index (χ1v) is 13.0. The average Bonchev–Trinajstić information content (AvgIpc) is 3.29. The van der Waals surface area contributed by atoms with Crippen molar-refractivity contribution in [3.05, 3.63) is 23.5 Å². The minimum absolute atomic E-state index is 0.0148. The lowest BCUT2D eigenvalue weighted by atomic mass is 9.85. The highest BCUT2D eigenvalue weighted by Crippen LogP contribution is 2.29. The van der Waals surface area contributed by atoms with Gasteiger partial charge in [0.25, 0.3) is 0 Å². The first-order valence-electron chi connectivity index (χ1n) is 11.1. The second kappa shape index (κ2) is 9.51. The Morgan fingerprint density at radius 3 is 2.27 bits per heavy atom. The summed E-state index contributed by atoms with van der Waals surface area (Å²) in [5.74, 6) is 0.269. The molecule has 0 atom stereocenters. The van der Waals surface area contributed by atoms with Crippen LogP contribution < -0.4 is 4.72 Å². The molecule has 1 saturated heterocycles. The van der Waals surface area contributed by atoms with E-state index in [0.29, 0.717) is 12.8 Å². The molecule has 2 aliphatic carbocycles. The lowest BCUT2D eigenvalue weighted by Crippen LogP contribution is -2.53. The van der Waals surface area contributed by atoms with E-state index in [9.17, 15) is 13.2 Å². The molecule has 0 unspecified atom stereocenters. The molecule has 1 N–H and O–H groups in total. The molecule has 1 aromatic rings. The van der Waals surface area contributed by atoms with E-state index in [1.165, 1.54) is 44.0 Å². The minimum Gasteiger partial charge on any atom is -0.340 e. The van der Waals surface area contributed by atoms with Crippen molar-refractivity contribution in [2.45, 2.75) is 68.3 Å². The summed E-state index contributed by atoms with van der Waals surface area (Å²) in [6, 6.07) is 3.51. The molecule has 0 radical (unpaired) electrons. The topological polar surface area (TPSA) is 82.6 Å². The van der Waals surface area contributed by atoms with Crippen LogP contribution in [0.5, 0.6) is 0 Å². The number of amides is 1. The van der Waals surface area contributed by atoms with Gasteiger partial charge in [0, 0.05) is 50.4 Å². The van der Waals surface area contributed by atoms with Crippen LogP contribution in [-0.2, 0) is 14.8 Å². The Bertz CT molecular complexity index is 826. The van der Waals surface area contributed by atoms with E-state index >= 15 is 0 Å². The van der Waals surface area contributed by atoms with Crippen molar-refractivity contribution in [2.75, 3.05) is 26.2 Å². The number of piperazine rings is 1. The predicted molar refractivity (Wildman–Crippen MR) is 116 cm³/mol. The third kappa shape index (κ3) is 5.15. The fourth-order valence-electron chi connectivity index (χ4n) is 5.10. The number of carbonyl (C=O) groups excluding carboxylic acids is 1. The molecule has 7 nitrogen and oxygen atoms in total. The van der Waals surface area contributed by atoms with Crippen molar-refractivity contribution >= 4 is 27.5 Å². The van der Waals surface area contributed by atoms with Crippen LogP contribution in [0.3, 0.4) is 0 Å². The van der Waals surface area contributed by atoms with Crippen LogP contribution in [0.1, 0.15) is 51.4 Å². The number of pyridine rings is 1. The maximum atomic E-state index is 13.0. The van der Waals surface area contributed by atoms with Crippen LogP contribution in [0.25, 0.3) is 0 Å². The Morgan fingerprint density at radius 1 is 1.00 bits per heavy atom. The summed E-state index contributed by atoms with van der Waals surface area (Å²) in [6.07, 6.45) is 9.38. The van der Waals surface area contributed by atoms with Crippen molar-refractivity contribution in [3.8, 4) is 0 Å². The molecule has 2 heterocycles. The maximum absolute atomic E-state index is 13.0. The molecule has 1 aromatic heterocycles. The molecular formula is C21H31ClN4O3S. The van der Waals surface area contributed by atoms with Gasteiger partial charge in [0.15, 0.2) is 0 Å². The molecule has 166 valence electrons. The van der Waals surface area contributed by atoms with Crippen LogP contribution in [0.15, 0.2) is 23.2 Å². The van der Waals surface area contributed by atoms with Crippen LogP contribution in [0.2, 0.25) is 5.15 Å². The normalized spacial score (nSPS) is 26.8. The Labute approximate surface area is 184 Å². The van der Waals surface area contributed by atoms with Crippen molar-refractivity contribution in [3.63, 3.8) is 0 Å². The van der Waals surface area contributed by atoms with Gasteiger partial charge in [0.2, 0.25) is 15.9 Å². The summed E-state index contributed by atoms with van der Waals surface area (Å²) in [5.41, 5.74) is 0. The number of nitrogens with zero attached hydrogens (tertiary/aromatic N) is 3. The molecule has 3 fully saturated rings. The fourth-order valence-corrected chi connectivity index (χ4v) is 6.46. The first-order chi connectivity index (χ1) is 14.4. The Balaban J connectivity index is 1.24. The molecular weight excluding hydrogens is 424 g/mol. The third-order valence-electron chi connectivity index (χ3n) is 6.88. The first kappa shape index (κ1) is 22.0. The SMILES string of the molecule is O=C([C@H]1CC[C@H](NS(=O)(=O)c2ccc(Cl)nc2)CC1)N1CCN(C2CCCC2)CC1. The molecule has 1 amide bonds. The fraction of sp³-hybridized carbons (Fsp3) is 0.714. The summed E-state index contributed by atoms with van der Waals surface area (Å²) in [5, 5.41) is 0.261. The van der Waals surface area contributed by atoms with E-state index in [-0.39, 0.29) is 27.9 Å². The van der Waals surface area contributed by atoms with E-state index in [1.54, 1.807) is 0 Å². The molecule has 0 aromatic carbocycles. The number of rotatable bonds is 5. The van der Waals surface area contributed by atoms with Gasteiger partial charge >= 0.3 is 0 Å². The highest BCUT2D eigenvalue weighted by atomic mass is 35.5. The largest absolute Gasteiger partial charge is 0.340 e. The third-order valence-corrected chi connectivity index (χ3v) is 8.61. The monoisotopic (exact) mass is 454 g/mol. The minimum atomic E-state index is -3.62. The van der Waals surface area contributed by atoms with Gasteiger partial charge in [-0.3, -0.25) is 9.69 Å². The molecule has 0 spiro atoms. The molecule has 1 aliphatic heterocycles. The van der Waals surface area contributed by atoms with Crippen LogP contribution in [-0.4, -0.2) is 67.4 Å². The second-order valence-corrected chi connectivity index (χ2v) is 10.9. The van der Waals surface area contributed by atoms with Crippen molar-refractivity contribution in [1.82, 2.24) is 19.5 Å². The standard InChI is InChI=1S/C21H31ClN4O3S/c22-20-10-9-19(15-23-20)30(28,29)24-17-7-5-16(6-8-17)21(27)26-13-11-25(12-14-26)18-3-1-2-4-18/h9-10,15-18,24H,1-8,11-14H2/t16-,17-. The summed E-state index contributed by atoms with van der Waals surface area (Å²) in [7, 11) is -3.62. The van der Waals surface area contributed by atoms with Crippen molar-refractivity contribution in [1.29, 1.82) is 0 Å². The molecule has 0 bridgehead atoms. The van der Waals surface area contributed by atoms with Gasteiger partial charge in [-0.05, 0) is 50.7 Å². The highest BCUT2D eigenvalue weighted by Gasteiger charge is 2.34. The average molecular weight is 455 g/mol. The Hall–Kier alpha value is -1.22. The van der Waals surface area contributed by atoms with Crippen molar-refractivity contribution in [2.24, 2.45) is 5.92 Å². The van der Waals surface area contributed by atoms with E-state index in [0.717, 1.165) is 45.1 Å². The lowest BCUT2D eigenvalue weighted by molar-refractivity contribution is -0.138. The molecule has 2 saturated carbocycles. The number of halogens is 1. The van der Waals surface area contributed by atoms with E-state index < -0.39 is 10.0 Å². The number of carbonyl (C=O) groups is 1. The predicted octanol–water partition coefficient (Wildman–Crippen LogP) is 2.66. The van der Waals surface area contributed by atoms with Crippen LogP contribution in [0.4, 0.5) is 0 Å². The van der Waals surface area contributed by atoms with Gasteiger partial charge in [0.05, 0.1) is 0 Å². The molecule has 4 rings (SSSR count). The number of nitrogens with one attached hydrogen (secondary N) is 1. The molecule has 9 heteroatoms. The number of hydrogen-bond donors (Lipinski definition) is 1. The van der Waals surface area contributed by atoms with E-state index in [2.05, 4.69) is 14.6 Å². The lowest BCUT2D eigenvalue weighted by Gasteiger charge is -2.40. The Morgan fingerprint density at radius 2 is 1.67 bits per heavy atom. The maximum Gasteiger partial charge on any atom is 0.242 e. The molecule has 3 aliphatic rings. The van der Waals surface area contributed by atoms with E-state index in [4.69, 9.17) is 11.6 Å². The summed E-state index contributed by atoms with van der Waals surface area (Å²) < 4.78 is 27.8. The van der Waals surface area contributed by atoms with Crippen molar-refractivity contribution < 1.29 is 13.2 Å². The zero-order valence-corrected chi connectivity index (χ0v) is 18.9. The van der Waals surface area contributed by atoms with Gasteiger partial charge in [-0.25, -0.2) is 18.1 Å². The van der Waals surface area contributed by atoms with E-state index in [1.807, 2.05) is 4.90 Å². The van der Waals surface area contributed by atoms with Gasteiger partial charge in [-0.2, -0.15) is 0 Å². The van der Waals surface area contributed by atoms with Crippen LogP contribution in [0, 0.1) is 5.92 Å². The quantitative estimate of drug-likeness (QED) is 0.691. The van der Waals surface area contributed by atoms with Crippen LogP contribution >= 0.6 is 11.6 Å². The zero-order chi connectivity index (χ0) is 21.1. The molecule has 30 heavy (non-hydrogen) atoms.